The van der Waals surface area contributed by atoms with Crippen LogP contribution in [0.25, 0.3) is 0 Å². The van der Waals surface area contributed by atoms with E-state index >= 15 is 0 Å². The molecule has 0 bridgehead atoms. The minimum atomic E-state index is -0.514. The second kappa shape index (κ2) is 6.47. The summed E-state index contributed by atoms with van der Waals surface area (Å²) in [4.78, 5) is 15.3. The van der Waals surface area contributed by atoms with Gasteiger partial charge in [0.2, 0.25) is 0 Å². The van der Waals surface area contributed by atoms with Gasteiger partial charge in [-0.1, -0.05) is 32.9 Å². The van der Waals surface area contributed by atoms with Crippen molar-refractivity contribution in [3.8, 4) is 0 Å². The smallest absolute Gasteiger partial charge is 0.411 e. The van der Waals surface area contributed by atoms with Crippen molar-refractivity contribution in [2.24, 2.45) is 0 Å². The quantitative estimate of drug-likeness (QED) is 0.887. The lowest BCUT2D eigenvalue weighted by Gasteiger charge is -2.19. The molecule has 0 saturated heterocycles. The molecule has 116 valence electrons. The van der Waals surface area contributed by atoms with Crippen molar-refractivity contribution >= 4 is 23.3 Å². The van der Waals surface area contributed by atoms with Crippen molar-refractivity contribution in [3.63, 3.8) is 0 Å². The molecule has 0 atom stereocenters. The molecular weight excluding hydrogens is 278 g/mol. The maximum absolute atomic E-state index is 11.1. The summed E-state index contributed by atoms with van der Waals surface area (Å²) in [5.74, 6) is 0.707. The molecule has 0 spiro atoms. The molecule has 0 aliphatic heterocycles. The first-order valence-electron chi connectivity index (χ1n) is 7.07. The highest BCUT2D eigenvalue weighted by atomic mass is 16.5. The third-order valence-corrected chi connectivity index (χ3v) is 3.22. The van der Waals surface area contributed by atoms with Gasteiger partial charge in [-0.05, 0) is 35.2 Å². The van der Waals surface area contributed by atoms with Crippen LogP contribution in [0.15, 0.2) is 42.6 Å². The predicted molar refractivity (Wildman–Crippen MR) is 88.7 cm³/mol. The fourth-order valence-electron chi connectivity index (χ4n) is 1.91. The van der Waals surface area contributed by atoms with E-state index in [1.807, 2.05) is 12.1 Å². The summed E-state index contributed by atoms with van der Waals surface area (Å²) in [5, 5.41) is 5.78. The molecular formula is C17H21N3O2. The molecule has 2 rings (SSSR count). The van der Waals surface area contributed by atoms with Crippen LogP contribution in [0, 0.1) is 0 Å². The number of amides is 1. The fourth-order valence-corrected chi connectivity index (χ4v) is 1.91. The molecule has 5 nitrogen and oxygen atoms in total. The maximum atomic E-state index is 11.1. The monoisotopic (exact) mass is 299 g/mol. The van der Waals surface area contributed by atoms with Crippen LogP contribution in [0.5, 0.6) is 0 Å². The lowest BCUT2D eigenvalue weighted by molar-refractivity contribution is 0.187. The number of carbonyl (C=O) groups excluding carboxylic acids is 1. The molecule has 5 heteroatoms. The number of nitrogens with zero attached hydrogens (tertiary/aromatic N) is 1. The molecule has 0 aliphatic carbocycles. The van der Waals surface area contributed by atoms with E-state index < -0.39 is 6.09 Å². The highest BCUT2D eigenvalue weighted by Crippen LogP contribution is 2.24. The van der Waals surface area contributed by atoms with E-state index in [9.17, 15) is 4.79 Å². The lowest BCUT2D eigenvalue weighted by Crippen LogP contribution is -2.11. The van der Waals surface area contributed by atoms with Gasteiger partial charge in [-0.25, -0.2) is 9.78 Å². The Bertz CT molecular complexity index is 628. The van der Waals surface area contributed by atoms with Crippen LogP contribution < -0.4 is 10.6 Å². The van der Waals surface area contributed by atoms with Crippen molar-refractivity contribution < 1.29 is 9.53 Å². The van der Waals surface area contributed by atoms with Gasteiger partial charge < -0.3 is 10.1 Å². The first kappa shape index (κ1) is 15.8. The van der Waals surface area contributed by atoms with E-state index in [4.69, 9.17) is 0 Å². The molecule has 2 N–H and O–H groups in total. The van der Waals surface area contributed by atoms with Crippen LogP contribution in [-0.4, -0.2) is 18.2 Å². The number of ether oxygens (including phenoxy) is 1. The van der Waals surface area contributed by atoms with Gasteiger partial charge in [-0.2, -0.15) is 0 Å². The lowest BCUT2D eigenvalue weighted by atomic mass is 9.87. The highest BCUT2D eigenvalue weighted by molar-refractivity contribution is 5.84. The van der Waals surface area contributed by atoms with Gasteiger partial charge in [0, 0.05) is 5.69 Å². The molecule has 0 unspecified atom stereocenters. The van der Waals surface area contributed by atoms with Crippen molar-refractivity contribution in [1.82, 2.24) is 4.98 Å². The Morgan fingerprint density at radius 1 is 1.05 bits per heavy atom. The molecule has 22 heavy (non-hydrogen) atoms. The molecule has 0 radical (unpaired) electrons. The second-order valence-corrected chi connectivity index (χ2v) is 6.00. The summed E-state index contributed by atoms with van der Waals surface area (Å²) in [6.07, 6.45) is 1.06. The predicted octanol–water partition coefficient (Wildman–Crippen LogP) is 4.30. The Morgan fingerprint density at radius 2 is 1.68 bits per heavy atom. The van der Waals surface area contributed by atoms with E-state index in [1.54, 1.807) is 18.3 Å². The Kier molecular flexibility index (Phi) is 4.65. The van der Waals surface area contributed by atoms with Crippen LogP contribution >= 0.6 is 0 Å². The number of anilines is 3. The van der Waals surface area contributed by atoms with Gasteiger partial charge in [0.1, 0.15) is 5.82 Å². The second-order valence-electron chi connectivity index (χ2n) is 6.00. The van der Waals surface area contributed by atoms with Crippen LogP contribution in [0.1, 0.15) is 26.3 Å². The minimum Gasteiger partial charge on any atom is -0.453 e. The van der Waals surface area contributed by atoms with Crippen molar-refractivity contribution in [3.05, 3.63) is 48.2 Å². The van der Waals surface area contributed by atoms with Crippen molar-refractivity contribution in [2.75, 3.05) is 17.7 Å². The molecule has 0 fully saturated rings. The van der Waals surface area contributed by atoms with E-state index in [0.717, 1.165) is 5.69 Å². The standard InChI is InChI=1S/C17H21N3O2/c1-17(2,3)12-5-7-13(8-6-12)19-15-10-9-14(11-18-15)20-16(21)22-4/h5-11H,1-4H3,(H,18,19)(H,20,21). The van der Waals surface area contributed by atoms with Crippen LogP contribution in [0.4, 0.5) is 22.0 Å². The number of hydrogen-bond donors (Lipinski definition) is 2. The average molecular weight is 299 g/mol. The largest absolute Gasteiger partial charge is 0.453 e. The van der Waals surface area contributed by atoms with E-state index in [0.29, 0.717) is 11.5 Å². The fraction of sp³-hybridized carbons (Fsp3) is 0.294. The molecule has 1 aromatic heterocycles. The number of rotatable bonds is 3. The summed E-state index contributed by atoms with van der Waals surface area (Å²) in [7, 11) is 1.32. The Hall–Kier alpha value is -2.56. The summed E-state index contributed by atoms with van der Waals surface area (Å²) in [6, 6.07) is 11.8. The number of methoxy groups -OCH3 is 1. The van der Waals surface area contributed by atoms with Gasteiger partial charge in [0.25, 0.3) is 0 Å². The SMILES string of the molecule is COC(=O)Nc1ccc(Nc2ccc(C(C)(C)C)cc2)nc1. The average Bonchev–Trinajstić information content (AvgIpc) is 2.49. The maximum Gasteiger partial charge on any atom is 0.411 e. The van der Waals surface area contributed by atoms with E-state index in [2.05, 4.69) is 53.3 Å². The summed E-state index contributed by atoms with van der Waals surface area (Å²) >= 11 is 0. The zero-order valence-corrected chi connectivity index (χ0v) is 13.3. The summed E-state index contributed by atoms with van der Waals surface area (Å²) in [5.41, 5.74) is 2.97. The summed E-state index contributed by atoms with van der Waals surface area (Å²) < 4.78 is 4.53. The number of aromatic nitrogens is 1. The number of nitrogens with one attached hydrogen (secondary N) is 2. The zero-order valence-electron chi connectivity index (χ0n) is 13.3. The van der Waals surface area contributed by atoms with E-state index in [1.165, 1.54) is 12.7 Å². The minimum absolute atomic E-state index is 0.137. The molecule has 0 saturated carbocycles. The topological polar surface area (TPSA) is 63.2 Å². The van der Waals surface area contributed by atoms with Crippen molar-refractivity contribution in [2.45, 2.75) is 26.2 Å². The number of pyridine rings is 1. The van der Waals surface area contributed by atoms with Crippen molar-refractivity contribution in [1.29, 1.82) is 0 Å². The number of benzene rings is 1. The third-order valence-electron chi connectivity index (χ3n) is 3.22. The third kappa shape index (κ3) is 4.22. The van der Waals surface area contributed by atoms with Gasteiger partial charge in [-0.3, -0.25) is 5.32 Å². The number of carbonyl (C=O) groups is 1. The Morgan fingerprint density at radius 3 is 2.18 bits per heavy atom. The molecule has 2 aromatic rings. The molecule has 1 aromatic carbocycles. The first-order valence-corrected chi connectivity index (χ1v) is 7.07. The first-order chi connectivity index (χ1) is 10.4. The normalized spacial score (nSPS) is 10.9. The Labute approximate surface area is 130 Å². The molecule has 1 heterocycles. The zero-order chi connectivity index (χ0) is 16.2. The van der Waals surface area contributed by atoms with Crippen LogP contribution in [-0.2, 0) is 10.2 Å². The molecule has 1 amide bonds. The van der Waals surface area contributed by atoms with Crippen LogP contribution in [0.2, 0.25) is 0 Å². The van der Waals surface area contributed by atoms with E-state index in [-0.39, 0.29) is 5.41 Å². The van der Waals surface area contributed by atoms with Gasteiger partial charge in [0.05, 0.1) is 19.0 Å². The molecule has 0 aliphatic rings. The van der Waals surface area contributed by atoms with Crippen LogP contribution in [0.3, 0.4) is 0 Å². The number of hydrogen-bond acceptors (Lipinski definition) is 4. The Balaban J connectivity index is 2.03. The summed E-state index contributed by atoms with van der Waals surface area (Å²) in [6.45, 7) is 6.55. The van der Waals surface area contributed by atoms with Gasteiger partial charge >= 0.3 is 6.09 Å². The van der Waals surface area contributed by atoms with Gasteiger partial charge in [0.15, 0.2) is 0 Å². The highest BCUT2D eigenvalue weighted by Gasteiger charge is 2.12. The van der Waals surface area contributed by atoms with Gasteiger partial charge in [-0.15, -0.1) is 0 Å².